The Morgan fingerprint density at radius 2 is 1.90 bits per heavy atom. The molecule has 5 heteroatoms. The average Bonchev–Trinajstić information content (AvgIpc) is 2.53. The first-order valence-corrected chi connectivity index (χ1v) is 6.42. The second-order valence-corrected chi connectivity index (χ2v) is 4.38. The lowest BCUT2D eigenvalue weighted by Crippen LogP contribution is -2.23. The number of carbonyl (C=O) groups is 1. The Morgan fingerprint density at radius 3 is 2.62 bits per heavy atom. The Labute approximate surface area is 123 Å². The van der Waals surface area contributed by atoms with E-state index in [1.807, 2.05) is 24.3 Å². The number of methoxy groups -OCH3 is 2. The molecule has 0 aliphatic rings. The number of benzene rings is 2. The fourth-order valence-electron chi connectivity index (χ4n) is 1.94. The second-order valence-electron chi connectivity index (χ2n) is 4.38. The zero-order valence-electron chi connectivity index (χ0n) is 11.9. The highest BCUT2D eigenvalue weighted by molar-refractivity contribution is 5.97. The number of ether oxygens (including phenoxy) is 2. The summed E-state index contributed by atoms with van der Waals surface area (Å²) in [5, 5.41) is 12.5. The molecular weight excluding hydrogens is 270 g/mol. The van der Waals surface area contributed by atoms with E-state index in [1.54, 1.807) is 13.2 Å². The van der Waals surface area contributed by atoms with E-state index in [4.69, 9.17) is 9.47 Å². The van der Waals surface area contributed by atoms with Crippen molar-refractivity contribution < 1.29 is 19.4 Å². The van der Waals surface area contributed by atoms with Gasteiger partial charge in [0.1, 0.15) is 17.2 Å². The van der Waals surface area contributed by atoms with Crippen LogP contribution < -0.4 is 14.8 Å². The molecule has 5 nitrogen and oxygen atoms in total. The molecule has 21 heavy (non-hydrogen) atoms. The van der Waals surface area contributed by atoms with Gasteiger partial charge in [0.15, 0.2) is 0 Å². The van der Waals surface area contributed by atoms with Gasteiger partial charge in [0.25, 0.3) is 5.91 Å². The molecule has 0 saturated heterocycles. The van der Waals surface area contributed by atoms with E-state index in [9.17, 15) is 9.90 Å². The van der Waals surface area contributed by atoms with Gasteiger partial charge in [0.2, 0.25) is 0 Å². The van der Waals surface area contributed by atoms with Gasteiger partial charge >= 0.3 is 0 Å². The number of hydrogen-bond donors (Lipinski definition) is 2. The molecule has 0 fully saturated rings. The van der Waals surface area contributed by atoms with Gasteiger partial charge in [-0.05, 0) is 24.3 Å². The van der Waals surface area contributed by atoms with Crippen LogP contribution >= 0.6 is 0 Å². The first kappa shape index (κ1) is 14.7. The van der Waals surface area contributed by atoms with E-state index >= 15 is 0 Å². The minimum absolute atomic E-state index is 0.0895. The molecule has 0 aliphatic carbocycles. The van der Waals surface area contributed by atoms with Crippen molar-refractivity contribution in [3.05, 3.63) is 53.6 Å². The van der Waals surface area contributed by atoms with Crippen molar-refractivity contribution >= 4 is 5.91 Å². The molecule has 0 atom stereocenters. The van der Waals surface area contributed by atoms with Crippen LogP contribution in [0.25, 0.3) is 0 Å². The molecule has 0 heterocycles. The minimum Gasteiger partial charge on any atom is -0.507 e. The third kappa shape index (κ3) is 3.45. The molecule has 0 unspecified atom stereocenters. The normalized spacial score (nSPS) is 10.0. The molecule has 0 spiro atoms. The van der Waals surface area contributed by atoms with Gasteiger partial charge in [0.05, 0.1) is 19.8 Å². The molecule has 0 aliphatic heterocycles. The van der Waals surface area contributed by atoms with Crippen molar-refractivity contribution in [2.75, 3.05) is 14.2 Å². The molecule has 2 aromatic carbocycles. The van der Waals surface area contributed by atoms with Gasteiger partial charge in [-0.3, -0.25) is 4.79 Å². The van der Waals surface area contributed by atoms with Crippen LogP contribution in [0.2, 0.25) is 0 Å². The Kier molecular flexibility index (Phi) is 4.66. The third-order valence-electron chi connectivity index (χ3n) is 3.08. The maximum atomic E-state index is 12.1. The Balaban J connectivity index is 2.11. The van der Waals surface area contributed by atoms with Crippen LogP contribution in [0, 0.1) is 0 Å². The standard InChI is InChI=1S/C16H17NO4/c1-20-12-7-8-14(18)13(9-12)16(19)17-10-11-5-3-4-6-15(11)21-2/h3-9,18H,10H2,1-2H3,(H,17,19). The molecule has 2 N–H and O–H groups in total. The average molecular weight is 287 g/mol. The van der Waals surface area contributed by atoms with Gasteiger partial charge in [-0.15, -0.1) is 0 Å². The summed E-state index contributed by atoms with van der Waals surface area (Å²) in [7, 11) is 3.08. The molecule has 1 amide bonds. The van der Waals surface area contributed by atoms with Gasteiger partial charge in [-0.1, -0.05) is 18.2 Å². The summed E-state index contributed by atoms with van der Waals surface area (Å²) in [5.41, 5.74) is 1.03. The van der Waals surface area contributed by atoms with Gasteiger partial charge in [0, 0.05) is 12.1 Å². The van der Waals surface area contributed by atoms with E-state index in [2.05, 4.69) is 5.32 Å². The highest BCUT2D eigenvalue weighted by atomic mass is 16.5. The summed E-state index contributed by atoms with van der Waals surface area (Å²) in [5.74, 6) is 0.744. The predicted molar refractivity (Wildman–Crippen MR) is 78.8 cm³/mol. The number of aromatic hydroxyl groups is 1. The molecule has 0 saturated carbocycles. The quantitative estimate of drug-likeness (QED) is 0.885. The lowest BCUT2D eigenvalue weighted by atomic mass is 10.1. The fraction of sp³-hybridized carbons (Fsp3) is 0.188. The summed E-state index contributed by atoms with van der Waals surface area (Å²) in [4.78, 5) is 12.1. The Bertz CT molecular complexity index is 640. The van der Waals surface area contributed by atoms with Crippen LogP contribution in [0.3, 0.4) is 0 Å². The highest BCUT2D eigenvalue weighted by Gasteiger charge is 2.13. The molecule has 110 valence electrons. The van der Waals surface area contributed by atoms with Crippen molar-refractivity contribution in [3.8, 4) is 17.2 Å². The summed E-state index contributed by atoms with van der Waals surface area (Å²) in [6.45, 7) is 0.305. The Hall–Kier alpha value is -2.69. The van der Waals surface area contributed by atoms with E-state index in [0.717, 1.165) is 5.56 Å². The first-order valence-electron chi connectivity index (χ1n) is 6.42. The summed E-state index contributed by atoms with van der Waals surface area (Å²) < 4.78 is 10.3. The number of carbonyl (C=O) groups excluding carboxylic acids is 1. The monoisotopic (exact) mass is 287 g/mol. The van der Waals surface area contributed by atoms with Gasteiger partial charge in [-0.2, -0.15) is 0 Å². The highest BCUT2D eigenvalue weighted by Crippen LogP contribution is 2.23. The lowest BCUT2D eigenvalue weighted by molar-refractivity contribution is 0.0947. The minimum atomic E-state index is -0.377. The number of rotatable bonds is 5. The lowest BCUT2D eigenvalue weighted by Gasteiger charge is -2.11. The largest absolute Gasteiger partial charge is 0.507 e. The van der Waals surface area contributed by atoms with Crippen LogP contribution in [0.15, 0.2) is 42.5 Å². The predicted octanol–water partition coefficient (Wildman–Crippen LogP) is 2.34. The van der Waals surface area contributed by atoms with E-state index in [1.165, 1.54) is 19.2 Å². The fourth-order valence-corrected chi connectivity index (χ4v) is 1.94. The van der Waals surface area contributed by atoms with Gasteiger partial charge < -0.3 is 19.9 Å². The number of nitrogens with one attached hydrogen (secondary N) is 1. The number of phenols is 1. The van der Waals surface area contributed by atoms with E-state index in [0.29, 0.717) is 18.0 Å². The zero-order chi connectivity index (χ0) is 15.2. The molecule has 0 bridgehead atoms. The first-order chi connectivity index (χ1) is 10.2. The maximum absolute atomic E-state index is 12.1. The number of phenolic OH excluding ortho intramolecular Hbond substituents is 1. The van der Waals surface area contributed by atoms with Crippen molar-refractivity contribution in [1.29, 1.82) is 0 Å². The summed E-state index contributed by atoms with van der Waals surface area (Å²) in [6.07, 6.45) is 0. The topological polar surface area (TPSA) is 67.8 Å². The van der Waals surface area contributed by atoms with Crippen molar-refractivity contribution in [3.63, 3.8) is 0 Å². The summed E-state index contributed by atoms with van der Waals surface area (Å²) >= 11 is 0. The smallest absolute Gasteiger partial charge is 0.255 e. The zero-order valence-corrected chi connectivity index (χ0v) is 11.9. The van der Waals surface area contributed by atoms with Crippen molar-refractivity contribution in [1.82, 2.24) is 5.32 Å². The van der Waals surface area contributed by atoms with Crippen LogP contribution in [0.1, 0.15) is 15.9 Å². The van der Waals surface area contributed by atoms with Crippen LogP contribution in [-0.2, 0) is 6.54 Å². The summed E-state index contributed by atoms with van der Waals surface area (Å²) in [6, 6.07) is 11.9. The maximum Gasteiger partial charge on any atom is 0.255 e. The van der Waals surface area contributed by atoms with Crippen LogP contribution in [0.4, 0.5) is 0 Å². The molecular formula is C16H17NO4. The number of para-hydroxylation sites is 1. The van der Waals surface area contributed by atoms with Crippen molar-refractivity contribution in [2.24, 2.45) is 0 Å². The van der Waals surface area contributed by atoms with Gasteiger partial charge in [-0.25, -0.2) is 0 Å². The molecule has 0 radical (unpaired) electrons. The Morgan fingerprint density at radius 1 is 1.14 bits per heavy atom. The van der Waals surface area contributed by atoms with Crippen molar-refractivity contribution in [2.45, 2.75) is 6.54 Å². The molecule has 2 aromatic rings. The molecule has 0 aromatic heterocycles. The van der Waals surface area contributed by atoms with E-state index in [-0.39, 0.29) is 17.2 Å². The van der Waals surface area contributed by atoms with Crippen LogP contribution in [-0.4, -0.2) is 25.2 Å². The second kappa shape index (κ2) is 6.65. The molecule has 2 rings (SSSR count). The SMILES string of the molecule is COc1ccc(O)c(C(=O)NCc2ccccc2OC)c1. The van der Waals surface area contributed by atoms with Crippen LogP contribution in [0.5, 0.6) is 17.2 Å². The number of hydrogen-bond acceptors (Lipinski definition) is 4. The van der Waals surface area contributed by atoms with E-state index < -0.39 is 0 Å². The number of amides is 1. The third-order valence-corrected chi connectivity index (χ3v) is 3.08.